The highest BCUT2D eigenvalue weighted by Gasteiger charge is 2.32. The Kier molecular flexibility index (Phi) is 1.88. The van der Waals surface area contributed by atoms with Crippen LogP contribution in [0.4, 0.5) is 0 Å². The van der Waals surface area contributed by atoms with Crippen LogP contribution in [0.2, 0.25) is 0 Å². The summed E-state index contributed by atoms with van der Waals surface area (Å²) < 4.78 is 0.224. The van der Waals surface area contributed by atoms with Crippen LogP contribution in [0, 0.1) is 6.54 Å². The third kappa shape index (κ3) is 1.49. The lowest BCUT2D eigenvalue weighted by molar-refractivity contribution is 0.729. The zero-order valence-corrected chi connectivity index (χ0v) is 7.98. The first-order valence-corrected chi connectivity index (χ1v) is 4.82. The Labute approximate surface area is 76.3 Å². The molecule has 12 heavy (non-hydrogen) atoms. The van der Waals surface area contributed by atoms with Crippen LogP contribution >= 0.6 is 11.8 Å². The lowest BCUT2D eigenvalue weighted by Gasteiger charge is -2.13. The highest BCUT2D eigenvalue weighted by molar-refractivity contribution is 8.01. The number of thioether (sulfide) groups is 1. The molecular formula is C8H12N3S. The zero-order chi connectivity index (χ0) is 8.60. The maximum absolute atomic E-state index is 3.92. The van der Waals surface area contributed by atoms with Crippen molar-refractivity contribution in [2.75, 3.05) is 0 Å². The van der Waals surface area contributed by atoms with E-state index in [0.717, 1.165) is 0 Å². The number of hydrogen-bond acceptors (Lipinski definition) is 3. The predicted octanol–water partition coefficient (Wildman–Crippen LogP) is 1.69. The van der Waals surface area contributed by atoms with Gasteiger partial charge in [0.25, 0.3) is 0 Å². The summed E-state index contributed by atoms with van der Waals surface area (Å²) in [5, 5.41) is 10.4. The SMILES string of the molecule is CC1(C)[CH]NC(c2cn[nH]c2)S1. The average molecular weight is 182 g/mol. The Balaban J connectivity index is 2.10. The molecular weight excluding hydrogens is 170 g/mol. The van der Waals surface area contributed by atoms with E-state index in [4.69, 9.17) is 0 Å². The van der Waals surface area contributed by atoms with Gasteiger partial charge in [0.1, 0.15) is 0 Å². The molecule has 1 aromatic heterocycles. The number of rotatable bonds is 1. The highest BCUT2D eigenvalue weighted by atomic mass is 32.2. The third-order valence-corrected chi connectivity index (χ3v) is 3.20. The first-order chi connectivity index (χ1) is 5.67. The molecule has 2 heterocycles. The maximum Gasteiger partial charge on any atom is 0.0829 e. The van der Waals surface area contributed by atoms with Gasteiger partial charge in [-0.05, 0) is 13.8 Å². The number of nitrogens with one attached hydrogen (secondary N) is 2. The molecule has 1 aliphatic rings. The van der Waals surface area contributed by atoms with E-state index in [0.29, 0.717) is 5.37 Å². The summed E-state index contributed by atoms with van der Waals surface area (Å²) in [4.78, 5) is 0. The predicted molar refractivity (Wildman–Crippen MR) is 50.4 cm³/mol. The van der Waals surface area contributed by atoms with E-state index < -0.39 is 0 Å². The van der Waals surface area contributed by atoms with Gasteiger partial charge in [0.05, 0.1) is 11.6 Å². The molecule has 1 atom stereocenters. The van der Waals surface area contributed by atoms with Crippen molar-refractivity contribution in [1.82, 2.24) is 15.5 Å². The van der Waals surface area contributed by atoms with E-state index in [1.807, 2.05) is 24.2 Å². The molecule has 2 rings (SSSR count). The van der Waals surface area contributed by atoms with Crippen molar-refractivity contribution in [3.05, 3.63) is 24.5 Å². The fourth-order valence-electron chi connectivity index (χ4n) is 1.22. The Morgan fingerprint density at radius 2 is 2.42 bits per heavy atom. The van der Waals surface area contributed by atoms with Crippen LogP contribution in [0.1, 0.15) is 24.8 Å². The van der Waals surface area contributed by atoms with E-state index in [9.17, 15) is 0 Å². The van der Waals surface area contributed by atoms with Gasteiger partial charge >= 0.3 is 0 Å². The van der Waals surface area contributed by atoms with Gasteiger partial charge in [-0.1, -0.05) is 0 Å². The topological polar surface area (TPSA) is 40.7 Å². The zero-order valence-electron chi connectivity index (χ0n) is 7.16. The number of nitrogens with zero attached hydrogens (tertiary/aromatic N) is 1. The average Bonchev–Trinajstić information content (AvgIpc) is 2.55. The Morgan fingerprint density at radius 1 is 1.58 bits per heavy atom. The van der Waals surface area contributed by atoms with Crippen molar-refractivity contribution < 1.29 is 0 Å². The minimum absolute atomic E-state index is 0.224. The maximum atomic E-state index is 3.92. The largest absolute Gasteiger partial charge is 0.296 e. The van der Waals surface area contributed by atoms with Crippen LogP contribution in [-0.4, -0.2) is 14.9 Å². The lowest BCUT2D eigenvalue weighted by atomic mass is 10.2. The number of aromatic amines is 1. The summed E-state index contributed by atoms with van der Waals surface area (Å²) in [6, 6.07) is 0. The second-order valence-electron chi connectivity index (χ2n) is 3.44. The Morgan fingerprint density at radius 3 is 2.92 bits per heavy atom. The standard InChI is InChI=1S/C8H12N3S/c1-8(2)5-9-7(12-8)6-3-10-11-4-6/h3-5,7,9H,1-2H3,(H,10,11). The van der Waals surface area contributed by atoms with Gasteiger partial charge in [0, 0.05) is 23.1 Å². The van der Waals surface area contributed by atoms with Gasteiger partial charge in [0.2, 0.25) is 0 Å². The molecule has 1 aliphatic heterocycles. The molecule has 1 saturated heterocycles. The van der Waals surface area contributed by atoms with Crippen molar-refractivity contribution in [2.45, 2.75) is 24.0 Å². The molecule has 1 aromatic rings. The molecule has 1 radical (unpaired) electrons. The quantitative estimate of drug-likeness (QED) is 0.694. The molecule has 0 aliphatic carbocycles. The Hall–Kier alpha value is -0.480. The monoisotopic (exact) mass is 182 g/mol. The minimum atomic E-state index is 0.224. The molecule has 65 valence electrons. The number of H-pyrrole nitrogens is 1. The van der Waals surface area contributed by atoms with Gasteiger partial charge in [-0.15, -0.1) is 11.8 Å². The van der Waals surface area contributed by atoms with Gasteiger partial charge in [-0.3, -0.25) is 10.4 Å². The molecule has 1 unspecified atom stereocenters. The van der Waals surface area contributed by atoms with Crippen LogP contribution in [-0.2, 0) is 0 Å². The highest BCUT2D eigenvalue weighted by Crippen LogP contribution is 2.43. The molecule has 0 spiro atoms. The van der Waals surface area contributed by atoms with E-state index in [2.05, 4.69) is 35.9 Å². The van der Waals surface area contributed by atoms with E-state index in [1.165, 1.54) is 5.56 Å². The molecule has 4 heteroatoms. The molecule has 0 amide bonds. The van der Waals surface area contributed by atoms with Gasteiger partial charge < -0.3 is 0 Å². The first kappa shape index (κ1) is 8.13. The van der Waals surface area contributed by atoms with Crippen molar-refractivity contribution >= 4 is 11.8 Å². The lowest BCUT2D eigenvalue weighted by Crippen LogP contribution is -2.14. The second kappa shape index (κ2) is 2.78. The van der Waals surface area contributed by atoms with Crippen LogP contribution in [0.3, 0.4) is 0 Å². The summed E-state index contributed by atoms with van der Waals surface area (Å²) in [7, 11) is 0. The van der Waals surface area contributed by atoms with Gasteiger partial charge in [0.15, 0.2) is 0 Å². The van der Waals surface area contributed by atoms with Crippen LogP contribution in [0.5, 0.6) is 0 Å². The van der Waals surface area contributed by atoms with Gasteiger partial charge in [-0.25, -0.2) is 0 Å². The fraction of sp³-hybridized carbons (Fsp3) is 0.500. The Bertz CT molecular complexity index is 255. The third-order valence-electron chi connectivity index (χ3n) is 1.83. The molecule has 0 saturated carbocycles. The van der Waals surface area contributed by atoms with Crippen LogP contribution in [0.15, 0.2) is 12.4 Å². The van der Waals surface area contributed by atoms with Crippen molar-refractivity contribution in [3.63, 3.8) is 0 Å². The first-order valence-electron chi connectivity index (χ1n) is 3.94. The van der Waals surface area contributed by atoms with Crippen molar-refractivity contribution in [1.29, 1.82) is 0 Å². The summed E-state index contributed by atoms with van der Waals surface area (Å²) in [5.74, 6) is 0. The fourth-order valence-corrected chi connectivity index (χ4v) is 2.36. The van der Waals surface area contributed by atoms with Gasteiger partial charge in [-0.2, -0.15) is 5.10 Å². The summed E-state index contributed by atoms with van der Waals surface area (Å²) in [5.41, 5.74) is 1.21. The molecule has 2 N–H and O–H groups in total. The normalized spacial score (nSPS) is 27.7. The van der Waals surface area contributed by atoms with Crippen molar-refractivity contribution in [3.8, 4) is 0 Å². The van der Waals surface area contributed by atoms with E-state index >= 15 is 0 Å². The smallest absolute Gasteiger partial charge is 0.0829 e. The number of aromatic nitrogens is 2. The molecule has 3 nitrogen and oxygen atoms in total. The summed E-state index contributed by atoms with van der Waals surface area (Å²) >= 11 is 1.90. The number of hydrogen-bond donors (Lipinski definition) is 2. The van der Waals surface area contributed by atoms with Crippen molar-refractivity contribution in [2.24, 2.45) is 0 Å². The molecule has 0 aromatic carbocycles. The van der Waals surface area contributed by atoms with Crippen LogP contribution in [0.25, 0.3) is 0 Å². The molecule has 0 bridgehead atoms. The summed E-state index contributed by atoms with van der Waals surface area (Å²) in [6.07, 6.45) is 3.79. The summed E-state index contributed by atoms with van der Waals surface area (Å²) in [6.45, 7) is 6.53. The van der Waals surface area contributed by atoms with Crippen LogP contribution < -0.4 is 5.32 Å². The molecule has 1 fully saturated rings. The van der Waals surface area contributed by atoms with E-state index in [-0.39, 0.29) is 4.75 Å². The minimum Gasteiger partial charge on any atom is -0.296 e. The van der Waals surface area contributed by atoms with E-state index in [1.54, 1.807) is 0 Å². The second-order valence-corrected chi connectivity index (χ2v) is 5.20.